The molecule has 1 fully saturated rings. The van der Waals surface area contributed by atoms with Crippen LogP contribution < -0.4 is 0 Å². The van der Waals surface area contributed by atoms with Crippen LogP contribution >= 0.6 is 0 Å². The molecule has 2 aromatic rings. The Hall–Kier alpha value is -1.79. The number of likely N-dealkylation sites (tertiary alicyclic amines) is 1. The molecule has 1 aromatic carbocycles. The Morgan fingerprint density at radius 2 is 2.04 bits per heavy atom. The van der Waals surface area contributed by atoms with E-state index in [1.54, 1.807) is 0 Å². The fourth-order valence-corrected chi connectivity index (χ4v) is 4.43. The van der Waals surface area contributed by atoms with Crippen LogP contribution in [0.1, 0.15) is 60.6 Å². The maximum atomic E-state index is 14.0. The highest BCUT2D eigenvalue weighted by Gasteiger charge is 2.33. The number of aliphatic hydroxyl groups excluding tert-OH is 1. The van der Waals surface area contributed by atoms with Crippen molar-refractivity contribution in [1.29, 1.82) is 0 Å². The molecule has 4 nitrogen and oxygen atoms in total. The molecule has 2 aliphatic rings. The lowest BCUT2D eigenvalue weighted by Crippen LogP contribution is -2.30. The summed E-state index contributed by atoms with van der Waals surface area (Å²) < 4.78 is 29.3. The predicted molar refractivity (Wildman–Crippen MR) is 94.7 cm³/mol. The van der Waals surface area contributed by atoms with Crippen LogP contribution in [0.25, 0.3) is 0 Å². The summed E-state index contributed by atoms with van der Waals surface area (Å²) in [6.45, 7) is 1.17. The Labute approximate surface area is 152 Å². The number of β-amino-alcohol motifs (C(OH)–C–C–N with tert-alkyl or cyclic N) is 1. The van der Waals surface area contributed by atoms with Crippen molar-refractivity contribution in [2.75, 3.05) is 13.1 Å². The second kappa shape index (κ2) is 7.08. The molecule has 0 spiro atoms. The summed E-state index contributed by atoms with van der Waals surface area (Å²) >= 11 is 0. The van der Waals surface area contributed by atoms with Gasteiger partial charge in [0.15, 0.2) is 0 Å². The van der Waals surface area contributed by atoms with Crippen molar-refractivity contribution in [3.05, 3.63) is 52.6 Å². The molecule has 0 unspecified atom stereocenters. The lowest BCUT2D eigenvalue weighted by atomic mass is 10.0. The number of aliphatic hydroxyl groups is 1. The van der Waals surface area contributed by atoms with E-state index in [4.69, 9.17) is 4.98 Å². The number of aryl methyl sites for hydroxylation is 1. The standard InChI is InChI=1S/C20H25F2N3O/c1-24-17-6-3-2-5-16(17)23-20(24)18-7-4-10-25(18)12-19(26)14-9-8-13(21)11-15(14)22/h8-9,11,18-19,26H,2-7,10,12H2,1H3/t18-,19-/m1/s1. The van der Waals surface area contributed by atoms with E-state index in [-0.39, 0.29) is 11.6 Å². The van der Waals surface area contributed by atoms with E-state index in [1.165, 1.54) is 36.4 Å². The van der Waals surface area contributed by atoms with Crippen molar-refractivity contribution in [3.63, 3.8) is 0 Å². The fourth-order valence-electron chi connectivity index (χ4n) is 4.43. The number of fused-ring (bicyclic) bond motifs is 1. The van der Waals surface area contributed by atoms with E-state index in [2.05, 4.69) is 16.5 Å². The molecule has 26 heavy (non-hydrogen) atoms. The van der Waals surface area contributed by atoms with Gasteiger partial charge in [0, 0.05) is 30.9 Å². The average Bonchev–Trinajstić information content (AvgIpc) is 3.19. The van der Waals surface area contributed by atoms with Crippen molar-refractivity contribution < 1.29 is 13.9 Å². The third kappa shape index (κ3) is 3.16. The molecule has 0 bridgehead atoms. The summed E-state index contributed by atoms with van der Waals surface area (Å²) in [7, 11) is 2.08. The summed E-state index contributed by atoms with van der Waals surface area (Å²) in [5.41, 5.74) is 2.70. The minimum atomic E-state index is -0.980. The zero-order chi connectivity index (χ0) is 18.3. The van der Waals surface area contributed by atoms with E-state index in [0.29, 0.717) is 6.54 Å². The van der Waals surface area contributed by atoms with Crippen LogP contribution in [0.5, 0.6) is 0 Å². The van der Waals surface area contributed by atoms with Gasteiger partial charge < -0.3 is 9.67 Å². The predicted octanol–water partition coefficient (Wildman–Crippen LogP) is 3.45. The van der Waals surface area contributed by atoms with Gasteiger partial charge in [-0.1, -0.05) is 6.07 Å². The molecule has 0 saturated carbocycles. The molecule has 6 heteroatoms. The summed E-state index contributed by atoms with van der Waals surface area (Å²) in [5.74, 6) is -0.266. The Kier molecular flexibility index (Phi) is 4.80. The monoisotopic (exact) mass is 361 g/mol. The average molecular weight is 361 g/mol. The van der Waals surface area contributed by atoms with Crippen LogP contribution in [0.15, 0.2) is 18.2 Å². The topological polar surface area (TPSA) is 41.3 Å². The molecule has 1 aliphatic heterocycles. The molecule has 0 amide bonds. The smallest absolute Gasteiger partial charge is 0.131 e. The number of imidazole rings is 1. The molecular formula is C20H25F2N3O. The first-order valence-corrected chi connectivity index (χ1v) is 9.46. The third-order valence-corrected chi connectivity index (χ3v) is 5.80. The number of rotatable bonds is 4. The molecule has 1 aromatic heterocycles. The Balaban J connectivity index is 1.54. The van der Waals surface area contributed by atoms with Gasteiger partial charge in [0.1, 0.15) is 17.5 Å². The molecule has 1 aliphatic carbocycles. The van der Waals surface area contributed by atoms with Crippen molar-refractivity contribution in [1.82, 2.24) is 14.5 Å². The lowest BCUT2D eigenvalue weighted by molar-refractivity contribution is 0.100. The van der Waals surface area contributed by atoms with E-state index in [9.17, 15) is 13.9 Å². The van der Waals surface area contributed by atoms with Gasteiger partial charge in [-0.05, 0) is 51.1 Å². The van der Waals surface area contributed by atoms with E-state index in [0.717, 1.165) is 44.1 Å². The number of hydrogen-bond donors (Lipinski definition) is 1. The van der Waals surface area contributed by atoms with Crippen LogP contribution in [0, 0.1) is 11.6 Å². The minimum Gasteiger partial charge on any atom is -0.387 e. The maximum absolute atomic E-state index is 14.0. The van der Waals surface area contributed by atoms with E-state index < -0.39 is 17.7 Å². The van der Waals surface area contributed by atoms with Crippen molar-refractivity contribution in [2.24, 2.45) is 7.05 Å². The van der Waals surface area contributed by atoms with Gasteiger partial charge in [0.25, 0.3) is 0 Å². The number of aromatic nitrogens is 2. The summed E-state index contributed by atoms with van der Waals surface area (Å²) in [6, 6.07) is 3.49. The van der Waals surface area contributed by atoms with Crippen molar-refractivity contribution in [3.8, 4) is 0 Å². The lowest BCUT2D eigenvalue weighted by Gasteiger charge is -2.27. The quantitative estimate of drug-likeness (QED) is 0.907. The van der Waals surface area contributed by atoms with Crippen LogP contribution in [-0.4, -0.2) is 32.6 Å². The third-order valence-electron chi connectivity index (χ3n) is 5.80. The van der Waals surface area contributed by atoms with Crippen LogP contribution in [0.2, 0.25) is 0 Å². The van der Waals surface area contributed by atoms with Crippen LogP contribution in [-0.2, 0) is 19.9 Å². The Bertz CT molecular complexity index is 805. The van der Waals surface area contributed by atoms with Gasteiger partial charge >= 0.3 is 0 Å². The maximum Gasteiger partial charge on any atom is 0.131 e. The fraction of sp³-hybridized carbons (Fsp3) is 0.550. The molecule has 140 valence electrons. The molecule has 2 atom stereocenters. The van der Waals surface area contributed by atoms with Crippen molar-refractivity contribution in [2.45, 2.75) is 50.7 Å². The Morgan fingerprint density at radius 1 is 1.23 bits per heavy atom. The van der Waals surface area contributed by atoms with E-state index >= 15 is 0 Å². The second-order valence-electron chi connectivity index (χ2n) is 7.46. The molecular weight excluding hydrogens is 336 g/mol. The number of halogens is 2. The molecule has 0 radical (unpaired) electrons. The molecule has 4 rings (SSSR count). The number of nitrogens with zero attached hydrogens (tertiary/aromatic N) is 3. The zero-order valence-electron chi connectivity index (χ0n) is 15.1. The summed E-state index contributed by atoms with van der Waals surface area (Å²) in [6.07, 6.45) is 5.56. The van der Waals surface area contributed by atoms with Gasteiger partial charge in [-0.3, -0.25) is 4.90 Å². The highest BCUT2D eigenvalue weighted by atomic mass is 19.1. The minimum absolute atomic E-state index is 0.142. The first-order valence-electron chi connectivity index (χ1n) is 9.46. The van der Waals surface area contributed by atoms with E-state index in [1.807, 2.05) is 0 Å². The normalized spacial score (nSPS) is 21.8. The van der Waals surface area contributed by atoms with Gasteiger partial charge in [0.2, 0.25) is 0 Å². The van der Waals surface area contributed by atoms with Gasteiger partial charge in [0.05, 0.1) is 17.8 Å². The van der Waals surface area contributed by atoms with Crippen LogP contribution in [0.4, 0.5) is 8.78 Å². The summed E-state index contributed by atoms with van der Waals surface area (Å²) in [5, 5.41) is 10.5. The van der Waals surface area contributed by atoms with Crippen molar-refractivity contribution >= 4 is 0 Å². The Morgan fingerprint density at radius 3 is 2.81 bits per heavy atom. The number of hydrogen-bond acceptors (Lipinski definition) is 3. The first kappa shape index (κ1) is 17.6. The SMILES string of the molecule is Cn1c([C@H]2CCCN2C[C@@H](O)c2ccc(F)cc2F)nc2c1CCCC2. The molecule has 2 heterocycles. The largest absolute Gasteiger partial charge is 0.387 e. The van der Waals surface area contributed by atoms with Crippen LogP contribution in [0.3, 0.4) is 0 Å². The number of benzene rings is 1. The molecule has 1 N–H and O–H groups in total. The van der Waals surface area contributed by atoms with Gasteiger partial charge in [-0.15, -0.1) is 0 Å². The highest BCUT2D eigenvalue weighted by molar-refractivity contribution is 5.23. The summed E-state index contributed by atoms with van der Waals surface area (Å²) in [4.78, 5) is 7.09. The highest BCUT2D eigenvalue weighted by Crippen LogP contribution is 2.35. The van der Waals surface area contributed by atoms with Gasteiger partial charge in [-0.2, -0.15) is 0 Å². The second-order valence-corrected chi connectivity index (χ2v) is 7.46. The van der Waals surface area contributed by atoms with Gasteiger partial charge in [-0.25, -0.2) is 13.8 Å². The molecule has 1 saturated heterocycles. The zero-order valence-corrected chi connectivity index (χ0v) is 15.1. The first-order chi connectivity index (χ1) is 12.5.